The molecular weight excluding hydrogens is 388 g/mol. The first kappa shape index (κ1) is 21.1. The van der Waals surface area contributed by atoms with E-state index < -0.39 is 0 Å². The fourth-order valence-electron chi connectivity index (χ4n) is 4.90. The van der Waals surface area contributed by atoms with Crippen LogP contribution in [0.15, 0.2) is 36.4 Å². The van der Waals surface area contributed by atoms with Gasteiger partial charge in [0.2, 0.25) is 0 Å². The average molecular weight is 425 g/mol. The third kappa shape index (κ3) is 5.33. The number of unbranched alkanes of at least 4 members (excludes halogenated alkanes) is 3. The Kier molecular flexibility index (Phi) is 7.48. The Morgan fingerprint density at radius 3 is 2.21 bits per heavy atom. The van der Waals surface area contributed by atoms with Crippen molar-refractivity contribution in [3.8, 4) is 10.4 Å². The zero-order valence-corrected chi connectivity index (χ0v) is 19.8. The molecule has 0 atom stereocenters. The molecule has 0 aliphatic heterocycles. The van der Waals surface area contributed by atoms with Crippen molar-refractivity contribution in [2.24, 2.45) is 5.92 Å². The van der Waals surface area contributed by atoms with Crippen LogP contribution in [0.1, 0.15) is 94.4 Å². The molecule has 0 saturated heterocycles. The van der Waals surface area contributed by atoms with Gasteiger partial charge in [-0.1, -0.05) is 70.2 Å². The quantitative estimate of drug-likeness (QED) is 0.300. The standard InChI is InChI=1S/C27H36S2/c1-3-5-7-9-24-18-26-27(28-24)19-25(29-26)23-16-14-22(15-17-23)21-12-10-20(11-13-21)8-6-4-2/h14-21H,3-13H2,1-2H3/t20-,21-. The van der Waals surface area contributed by atoms with Gasteiger partial charge >= 0.3 is 0 Å². The maximum atomic E-state index is 2.44. The molecule has 156 valence electrons. The fourth-order valence-corrected chi connectivity index (χ4v) is 7.37. The summed E-state index contributed by atoms with van der Waals surface area (Å²) in [5, 5.41) is 0. The largest absolute Gasteiger partial charge is 0.139 e. The van der Waals surface area contributed by atoms with E-state index in [0.29, 0.717) is 0 Å². The Morgan fingerprint density at radius 1 is 0.793 bits per heavy atom. The maximum Gasteiger partial charge on any atom is 0.0460 e. The predicted octanol–water partition coefficient (Wildman–Crippen LogP) is 9.83. The minimum Gasteiger partial charge on any atom is -0.139 e. The first-order valence-electron chi connectivity index (χ1n) is 11.9. The van der Waals surface area contributed by atoms with E-state index in [0.717, 1.165) is 11.8 Å². The lowest BCUT2D eigenvalue weighted by Crippen LogP contribution is -2.13. The van der Waals surface area contributed by atoms with Crippen molar-refractivity contribution in [1.29, 1.82) is 0 Å². The zero-order chi connectivity index (χ0) is 20.1. The number of hydrogen-bond donors (Lipinski definition) is 0. The molecule has 2 heteroatoms. The van der Waals surface area contributed by atoms with Crippen molar-refractivity contribution in [2.45, 2.75) is 90.4 Å². The first-order chi connectivity index (χ1) is 14.3. The van der Waals surface area contributed by atoms with E-state index in [9.17, 15) is 0 Å². The molecule has 1 saturated carbocycles. The minimum absolute atomic E-state index is 0.791. The van der Waals surface area contributed by atoms with Gasteiger partial charge in [-0.15, -0.1) is 22.7 Å². The Labute approximate surface area is 185 Å². The molecule has 2 heterocycles. The first-order valence-corrected chi connectivity index (χ1v) is 13.5. The van der Waals surface area contributed by atoms with Gasteiger partial charge in [-0.3, -0.25) is 0 Å². The molecule has 4 rings (SSSR count). The smallest absolute Gasteiger partial charge is 0.0460 e. The van der Waals surface area contributed by atoms with Crippen LogP contribution in [0.3, 0.4) is 0 Å². The van der Waals surface area contributed by atoms with Crippen molar-refractivity contribution in [1.82, 2.24) is 0 Å². The Balaban J connectivity index is 1.37. The van der Waals surface area contributed by atoms with Crippen LogP contribution in [0.2, 0.25) is 0 Å². The van der Waals surface area contributed by atoms with Crippen molar-refractivity contribution >= 4 is 32.1 Å². The molecule has 1 fully saturated rings. The van der Waals surface area contributed by atoms with E-state index in [-0.39, 0.29) is 0 Å². The van der Waals surface area contributed by atoms with Crippen LogP contribution in [0.25, 0.3) is 19.8 Å². The summed E-state index contributed by atoms with van der Waals surface area (Å²) in [5.41, 5.74) is 2.96. The molecule has 0 amide bonds. The van der Waals surface area contributed by atoms with Crippen LogP contribution < -0.4 is 0 Å². The highest BCUT2D eigenvalue weighted by molar-refractivity contribution is 7.29. The summed E-state index contributed by atoms with van der Waals surface area (Å²) < 4.78 is 2.96. The predicted molar refractivity (Wildman–Crippen MR) is 133 cm³/mol. The molecule has 2 aromatic heterocycles. The number of hydrogen-bond acceptors (Lipinski definition) is 2. The topological polar surface area (TPSA) is 0 Å². The van der Waals surface area contributed by atoms with Gasteiger partial charge in [-0.05, 0) is 73.6 Å². The molecule has 29 heavy (non-hydrogen) atoms. The third-order valence-corrected chi connectivity index (χ3v) is 9.17. The summed E-state index contributed by atoms with van der Waals surface area (Å²) in [6.45, 7) is 4.60. The SMILES string of the molecule is CCCCCc1cc2sc(-c3ccc([C@H]4CC[C@H](CCCC)CC4)cc3)cc2s1. The summed E-state index contributed by atoms with van der Waals surface area (Å²) in [7, 11) is 0. The van der Waals surface area contributed by atoms with Gasteiger partial charge in [-0.25, -0.2) is 0 Å². The summed E-state index contributed by atoms with van der Waals surface area (Å²) in [5.74, 6) is 1.79. The normalized spacial score (nSPS) is 19.8. The van der Waals surface area contributed by atoms with E-state index in [2.05, 4.69) is 50.2 Å². The van der Waals surface area contributed by atoms with Crippen LogP contribution >= 0.6 is 22.7 Å². The molecule has 1 aliphatic rings. The Morgan fingerprint density at radius 2 is 1.52 bits per heavy atom. The van der Waals surface area contributed by atoms with Crippen molar-refractivity contribution in [3.05, 3.63) is 46.8 Å². The van der Waals surface area contributed by atoms with E-state index >= 15 is 0 Å². The van der Waals surface area contributed by atoms with Gasteiger partial charge in [0, 0.05) is 19.2 Å². The van der Waals surface area contributed by atoms with Gasteiger partial charge in [0.15, 0.2) is 0 Å². The summed E-state index contributed by atoms with van der Waals surface area (Å²) in [6.07, 6.45) is 15.1. The van der Waals surface area contributed by atoms with E-state index in [1.807, 2.05) is 22.7 Å². The van der Waals surface area contributed by atoms with Gasteiger partial charge < -0.3 is 0 Å². The van der Waals surface area contributed by atoms with Crippen LogP contribution in [-0.4, -0.2) is 0 Å². The zero-order valence-electron chi connectivity index (χ0n) is 18.2. The molecule has 1 aliphatic carbocycles. The molecule has 0 N–H and O–H groups in total. The van der Waals surface area contributed by atoms with Gasteiger partial charge in [0.05, 0.1) is 0 Å². The van der Waals surface area contributed by atoms with Crippen LogP contribution in [-0.2, 0) is 6.42 Å². The fraction of sp³-hybridized carbons (Fsp3) is 0.556. The second-order valence-corrected chi connectivity index (χ2v) is 11.2. The van der Waals surface area contributed by atoms with Gasteiger partial charge in [0.1, 0.15) is 0 Å². The lowest BCUT2D eigenvalue weighted by atomic mass is 9.77. The number of benzene rings is 1. The second kappa shape index (κ2) is 10.3. The third-order valence-electron chi connectivity index (χ3n) is 6.76. The molecule has 1 aromatic carbocycles. The highest BCUT2D eigenvalue weighted by Crippen LogP contribution is 2.41. The number of aryl methyl sites for hydroxylation is 1. The van der Waals surface area contributed by atoms with Crippen LogP contribution in [0.5, 0.6) is 0 Å². The van der Waals surface area contributed by atoms with Gasteiger partial charge in [-0.2, -0.15) is 0 Å². The van der Waals surface area contributed by atoms with Crippen molar-refractivity contribution < 1.29 is 0 Å². The van der Waals surface area contributed by atoms with Crippen LogP contribution in [0.4, 0.5) is 0 Å². The molecule has 0 spiro atoms. The molecule has 0 nitrogen and oxygen atoms in total. The highest BCUT2D eigenvalue weighted by Gasteiger charge is 2.22. The lowest BCUT2D eigenvalue weighted by Gasteiger charge is -2.28. The minimum atomic E-state index is 0.791. The monoisotopic (exact) mass is 424 g/mol. The van der Waals surface area contributed by atoms with Crippen LogP contribution in [0, 0.1) is 5.92 Å². The van der Waals surface area contributed by atoms with E-state index in [1.165, 1.54) is 90.5 Å². The Bertz CT molecular complexity index is 844. The highest BCUT2D eigenvalue weighted by atomic mass is 32.1. The van der Waals surface area contributed by atoms with E-state index in [4.69, 9.17) is 0 Å². The maximum absolute atomic E-state index is 2.44. The van der Waals surface area contributed by atoms with Crippen molar-refractivity contribution in [3.63, 3.8) is 0 Å². The molecule has 3 aromatic rings. The summed E-state index contributed by atoms with van der Waals surface area (Å²) in [4.78, 5) is 3.00. The molecule has 0 radical (unpaired) electrons. The molecule has 0 unspecified atom stereocenters. The van der Waals surface area contributed by atoms with E-state index in [1.54, 1.807) is 10.4 Å². The second-order valence-electron chi connectivity index (χ2n) is 8.99. The average Bonchev–Trinajstić information content (AvgIpc) is 3.32. The summed E-state index contributed by atoms with van der Waals surface area (Å²) in [6, 6.07) is 14.4. The number of fused-ring (bicyclic) bond motifs is 1. The number of rotatable bonds is 9. The Hall–Kier alpha value is -1.12. The molecular formula is C27H36S2. The summed E-state index contributed by atoms with van der Waals surface area (Å²) >= 11 is 3.98. The number of thiophene rings is 2. The van der Waals surface area contributed by atoms with Gasteiger partial charge in [0.25, 0.3) is 0 Å². The molecule has 0 bridgehead atoms. The van der Waals surface area contributed by atoms with Crippen molar-refractivity contribution in [2.75, 3.05) is 0 Å². The lowest BCUT2D eigenvalue weighted by molar-refractivity contribution is 0.304.